The van der Waals surface area contributed by atoms with E-state index in [1.807, 2.05) is 17.3 Å². The highest BCUT2D eigenvalue weighted by Gasteiger charge is 2.33. The predicted octanol–water partition coefficient (Wildman–Crippen LogP) is 2.25. The SMILES string of the molecule is CCN(CCOC)C(=O)[C@@H]1CCCN(C2CCN(Cc3ccncc3)CC2)C1. The summed E-state index contributed by atoms with van der Waals surface area (Å²) < 4.78 is 5.17. The van der Waals surface area contributed by atoms with Crippen LogP contribution in [-0.2, 0) is 16.1 Å². The first-order chi connectivity index (χ1) is 13.7. The third kappa shape index (κ3) is 5.75. The quantitative estimate of drug-likeness (QED) is 0.684. The van der Waals surface area contributed by atoms with Crippen molar-refractivity contribution >= 4 is 5.91 Å². The molecule has 1 atom stereocenters. The van der Waals surface area contributed by atoms with Crippen LogP contribution >= 0.6 is 0 Å². The second-order valence-corrected chi connectivity index (χ2v) is 8.11. The number of pyridine rings is 1. The number of rotatable bonds is 8. The Bertz CT molecular complexity index is 589. The van der Waals surface area contributed by atoms with Crippen LogP contribution in [0, 0.1) is 5.92 Å². The fourth-order valence-corrected chi connectivity index (χ4v) is 4.61. The van der Waals surface area contributed by atoms with Gasteiger partial charge in [0.15, 0.2) is 0 Å². The van der Waals surface area contributed by atoms with Crippen molar-refractivity contribution in [1.29, 1.82) is 0 Å². The number of likely N-dealkylation sites (N-methyl/N-ethyl adjacent to an activating group) is 1. The molecule has 3 rings (SSSR count). The molecule has 0 unspecified atom stereocenters. The molecule has 1 aromatic rings. The molecular formula is C22H36N4O2. The minimum absolute atomic E-state index is 0.153. The van der Waals surface area contributed by atoms with E-state index in [2.05, 4.69) is 33.8 Å². The summed E-state index contributed by atoms with van der Waals surface area (Å²) in [6.07, 6.45) is 8.31. The summed E-state index contributed by atoms with van der Waals surface area (Å²) in [6.45, 7) is 9.51. The Morgan fingerprint density at radius 3 is 2.64 bits per heavy atom. The van der Waals surface area contributed by atoms with Crippen LogP contribution in [0.2, 0.25) is 0 Å². The molecule has 0 spiro atoms. The number of ether oxygens (including phenoxy) is 1. The Morgan fingerprint density at radius 2 is 1.96 bits per heavy atom. The number of aromatic nitrogens is 1. The lowest BCUT2D eigenvalue weighted by atomic mass is 9.92. The number of carbonyl (C=O) groups excluding carboxylic acids is 1. The molecule has 0 aromatic carbocycles. The number of methoxy groups -OCH3 is 1. The summed E-state index contributed by atoms with van der Waals surface area (Å²) in [4.78, 5) is 24.2. The number of amides is 1. The van der Waals surface area contributed by atoms with E-state index in [-0.39, 0.29) is 5.92 Å². The maximum atomic E-state index is 12.9. The third-order valence-corrected chi connectivity index (χ3v) is 6.29. The van der Waals surface area contributed by atoms with Gasteiger partial charge >= 0.3 is 0 Å². The number of hydrogen-bond donors (Lipinski definition) is 0. The van der Waals surface area contributed by atoms with Gasteiger partial charge in [0.1, 0.15) is 0 Å². The summed E-state index contributed by atoms with van der Waals surface area (Å²) in [5.74, 6) is 0.472. The van der Waals surface area contributed by atoms with Crippen molar-refractivity contribution in [2.24, 2.45) is 5.92 Å². The zero-order chi connectivity index (χ0) is 19.8. The smallest absolute Gasteiger partial charge is 0.227 e. The van der Waals surface area contributed by atoms with Gasteiger partial charge in [-0.05, 0) is 69.9 Å². The lowest BCUT2D eigenvalue weighted by Gasteiger charge is -2.42. The molecule has 0 aliphatic carbocycles. The molecule has 3 heterocycles. The van der Waals surface area contributed by atoms with Gasteiger partial charge in [-0.2, -0.15) is 0 Å². The number of hydrogen-bond acceptors (Lipinski definition) is 5. The average molecular weight is 389 g/mol. The molecule has 0 bridgehead atoms. The summed E-state index contributed by atoms with van der Waals surface area (Å²) in [5, 5.41) is 0. The molecule has 6 nitrogen and oxygen atoms in total. The first-order valence-corrected chi connectivity index (χ1v) is 10.8. The van der Waals surface area contributed by atoms with Crippen LogP contribution < -0.4 is 0 Å². The van der Waals surface area contributed by atoms with E-state index in [0.29, 0.717) is 25.1 Å². The predicted molar refractivity (Wildman–Crippen MR) is 111 cm³/mol. The van der Waals surface area contributed by atoms with Crippen LogP contribution in [0.1, 0.15) is 38.2 Å². The van der Waals surface area contributed by atoms with Gasteiger partial charge in [0.2, 0.25) is 5.91 Å². The Labute approximate surface area is 169 Å². The fourth-order valence-electron chi connectivity index (χ4n) is 4.61. The molecule has 6 heteroatoms. The summed E-state index contributed by atoms with van der Waals surface area (Å²) in [7, 11) is 1.70. The maximum Gasteiger partial charge on any atom is 0.227 e. The van der Waals surface area contributed by atoms with Gasteiger partial charge in [-0.1, -0.05) is 0 Å². The lowest BCUT2D eigenvalue weighted by Crippen LogP contribution is -2.51. The molecular weight excluding hydrogens is 352 g/mol. The third-order valence-electron chi connectivity index (χ3n) is 6.29. The Kier molecular flexibility index (Phi) is 8.25. The van der Waals surface area contributed by atoms with Crippen molar-refractivity contribution in [2.45, 2.75) is 45.2 Å². The zero-order valence-corrected chi connectivity index (χ0v) is 17.6. The van der Waals surface area contributed by atoms with Crippen molar-refractivity contribution in [2.75, 3.05) is 53.0 Å². The number of nitrogens with zero attached hydrogens (tertiary/aromatic N) is 4. The molecule has 2 saturated heterocycles. The highest BCUT2D eigenvalue weighted by atomic mass is 16.5. The molecule has 2 aliphatic heterocycles. The first-order valence-electron chi connectivity index (χ1n) is 10.8. The molecule has 0 saturated carbocycles. The van der Waals surface area contributed by atoms with Crippen LogP contribution in [0.4, 0.5) is 0 Å². The minimum Gasteiger partial charge on any atom is -0.383 e. The standard InChI is InChI=1S/C22H36N4O2/c1-3-25(15-16-28-2)22(27)20-5-4-12-26(18-20)21-8-13-24(14-9-21)17-19-6-10-23-11-7-19/h6-7,10-11,20-21H,3-5,8-9,12-18H2,1-2H3/t20-/m1/s1. The number of likely N-dealkylation sites (tertiary alicyclic amines) is 2. The fraction of sp³-hybridized carbons (Fsp3) is 0.727. The monoisotopic (exact) mass is 388 g/mol. The van der Waals surface area contributed by atoms with E-state index >= 15 is 0 Å². The van der Waals surface area contributed by atoms with Gasteiger partial charge in [-0.3, -0.25) is 19.6 Å². The summed E-state index contributed by atoms with van der Waals surface area (Å²) in [6, 6.07) is 4.84. The van der Waals surface area contributed by atoms with E-state index in [4.69, 9.17) is 4.74 Å². The maximum absolute atomic E-state index is 12.9. The van der Waals surface area contributed by atoms with Crippen molar-refractivity contribution in [3.05, 3.63) is 30.1 Å². The van der Waals surface area contributed by atoms with Gasteiger partial charge in [-0.25, -0.2) is 0 Å². The largest absolute Gasteiger partial charge is 0.383 e. The Morgan fingerprint density at radius 1 is 1.21 bits per heavy atom. The van der Waals surface area contributed by atoms with Crippen LogP contribution in [0.15, 0.2) is 24.5 Å². The molecule has 1 aromatic heterocycles. The van der Waals surface area contributed by atoms with Crippen LogP contribution in [0.25, 0.3) is 0 Å². The summed E-state index contributed by atoms with van der Waals surface area (Å²) >= 11 is 0. The van der Waals surface area contributed by atoms with Crippen molar-refractivity contribution < 1.29 is 9.53 Å². The van der Waals surface area contributed by atoms with Crippen molar-refractivity contribution in [3.8, 4) is 0 Å². The van der Waals surface area contributed by atoms with Crippen molar-refractivity contribution in [3.63, 3.8) is 0 Å². The minimum atomic E-state index is 0.153. The van der Waals surface area contributed by atoms with Crippen LogP contribution in [0.3, 0.4) is 0 Å². The van der Waals surface area contributed by atoms with E-state index < -0.39 is 0 Å². The Hall–Kier alpha value is -1.50. The zero-order valence-electron chi connectivity index (χ0n) is 17.6. The Balaban J connectivity index is 1.47. The highest BCUT2D eigenvalue weighted by Crippen LogP contribution is 2.25. The van der Waals surface area contributed by atoms with Crippen molar-refractivity contribution in [1.82, 2.24) is 19.7 Å². The van der Waals surface area contributed by atoms with Gasteiger partial charge < -0.3 is 9.64 Å². The van der Waals surface area contributed by atoms with Crippen LogP contribution in [0.5, 0.6) is 0 Å². The molecule has 1 amide bonds. The molecule has 0 N–H and O–H groups in total. The number of carbonyl (C=O) groups is 1. The molecule has 2 fully saturated rings. The number of piperidine rings is 2. The topological polar surface area (TPSA) is 48.9 Å². The lowest BCUT2D eigenvalue weighted by molar-refractivity contribution is -0.138. The molecule has 156 valence electrons. The van der Waals surface area contributed by atoms with Gasteiger partial charge in [-0.15, -0.1) is 0 Å². The van der Waals surface area contributed by atoms with Gasteiger partial charge in [0.25, 0.3) is 0 Å². The van der Waals surface area contributed by atoms with E-state index in [1.54, 1.807) is 7.11 Å². The summed E-state index contributed by atoms with van der Waals surface area (Å²) in [5.41, 5.74) is 1.34. The normalized spacial score (nSPS) is 22.3. The van der Waals surface area contributed by atoms with E-state index in [9.17, 15) is 4.79 Å². The molecule has 28 heavy (non-hydrogen) atoms. The highest BCUT2D eigenvalue weighted by molar-refractivity contribution is 5.79. The van der Waals surface area contributed by atoms with Crippen LogP contribution in [-0.4, -0.2) is 84.6 Å². The molecule has 2 aliphatic rings. The average Bonchev–Trinajstić information content (AvgIpc) is 2.75. The second-order valence-electron chi connectivity index (χ2n) is 8.11. The van der Waals surface area contributed by atoms with Gasteiger partial charge in [0, 0.05) is 51.7 Å². The van der Waals surface area contributed by atoms with E-state index in [1.165, 1.54) is 18.4 Å². The van der Waals surface area contributed by atoms with E-state index in [0.717, 1.165) is 52.1 Å². The first kappa shape index (κ1) is 21.2. The second kappa shape index (κ2) is 10.9. The molecule has 0 radical (unpaired) electrons. The van der Waals surface area contributed by atoms with Gasteiger partial charge in [0.05, 0.1) is 12.5 Å².